The smallest absolute Gasteiger partial charge is 0.247 e. The molecule has 0 saturated heterocycles. The number of amidine groups is 1. The molecule has 0 aromatic carbocycles. The van der Waals surface area contributed by atoms with Gasteiger partial charge in [0.05, 0.1) is 0 Å². The van der Waals surface area contributed by atoms with Crippen molar-refractivity contribution >= 4 is 17.8 Å². The number of allylic oxidation sites excluding steroid dienone is 1. The summed E-state index contributed by atoms with van der Waals surface area (Å²) < 4.78 is 40.3. The van der Waals surface area contributed by atoms with Gasteiger partial charge in [0.15, 0.2) is 5.84 Å². The van der Waals surface area contributed by atoms with E-state index in [4.69, 9.17) is 5.41 Å². The predicted octanol–water partition coefficient (Wildman–Crippen LogP) is 4.90. The minimum atomic E-state index is -2.67. The number of carbonyl (C=O) groups excluding carboxylic acids is 1. The lowest BCUT2D eigenvalue weighted by Gasteiger charge is -2.31. The van der Waals surface area contributed by atoms with Crippen LogP contribution in [0.15, 0.2) is 17.6 Å². The van der Waals surface area contributed by atoms with Gasteiger partial charge in [-0.15, -0.1) is 0 Å². The number of aliphatic imine (C=N–C) groups is 1. The van der Waals surface area contributed by atoms with E-state index in [2.05, 4.69) is 11.6 Å². The SMILES string of the molecule is C=CC1(F)CCCC(C(=O)C(=N)/N=C/CCCC(F)(F)CC)C1. The monoisotopic (exact) mass is 330 g/mol. The van der Waals surface area contributed by atoms with Crippen molar-refractivity contribution in [2.24, 2.45) is 10.9 Å². The number of hydrogen-bond donors (Lipinski definition) is 1. The zero-order valence-corrected chi connectivity index (χ0v) is 13.6. The van der Waals surface area contributed by atoms with Crippen molar-refractivity contribution in [2.75, 3.05) is 0 Å². The quantitative estimate of drug-likeness (QED) is 0.292. The molecule has 0 aliphatic heterocycles. The number of rotatable bonds is 8. The lowest BCUT2D eigenvalue weighted by Crippen LogP contribution is -2.34. The number of hydrogen-bond acceptors (Lipinski definition) is 2. The molecule has 23 heavy (non-hydrogen) atoms. The van der Waals surface area contributed by atoms with Crippen molar-refractivity contribution < 1.29 is 18.0 Å². The second-order valence-electron chi connectivity index (χ2n) is 6.16. The summed E-state index contributed by atoms with van der Waals surface area (Å²) in [6, 6.07) is 0. The third-order valence-corrected chi connectivity index (χ3v) is 4.31. The van der Waals surface area contributed by atoms with Gasteiger partial charge in [-0.2, -0.15) is 0 Å². The number of nitrogens with one attached hydrogen (secondary N) is 1. The van der Waals surface area contributed by atoms with Crippen molar-refractivity contribution in [1.82, 2.24) is 0 Å². The molecule has 0 aromatic rings. The van der Waals surface area contributed by atoms with E-state index >= 15 is 0 Å². The Morgan fingerprint density at radius 1 is 1.52 bits per heavy atom. The van der Waals surface area contributed by atoms with Gasteiger partial charge in [-0.25, -0.2) is 18.2 Å². The lowest BCUT2D eigenvalue weighted by molar-refractivity contribution is -0.118. The molecule has 3 nitrogen and oxygen atoms in total. The van der Waals surface area contributed by atoms with E-state index in [9.17, 15) is 18.0 Å². The Hall–Kier alpha value is -1.46. The van der Waals surface area contributed by atoms with Crippen LogP contribution < -0.4 is 0 Å². The summed E-state index contributed by atoms with van der Waals surface area (Å²) in [7, 11) is 0. The van der Waals surface area contributed by atoms with Gasteiger partial charge in [0.25, 0.3) is 0 Å². The Bertz CT molecular complexity index is 476. The van der Waals surface area contributed by atoms with Gasteiger partial charge in [-0.3, -0.25) is 10.2 Å². The fourth-order valence-electron chi connectivity index (χ4n) is 2.71. The minimum absolute atomic E-state index is 0.0377. The Morgan fingerprint density at radius 3 is 2.83 bits per heavy atom. The molecule has 2 unspecified atom stereocenters. The first-order valence-electron chi connectivity index (χ1n) is 8.08. The third kappa shape index (κ3) is 6.28. The molecule has 1 aliphatic rings. The van der Waals surface area contributed by atoms with Crippen LogP contribution in [0.25, 0.3) is 0 Å². The second kappa shape index (κ2) is 8.41. The van der Waals surface area contributed by atoms with E-state index in [1.807, 2.05) is 0 Å². The normalized spacial score (nSPS) is 25.5. The standard InChI is InChI=1S/C17H25F3N2O/c1-3-16(18)9-7-8-13(12-16)14(23)15(21)22-11-6-5-10-17(19,20)4-2/h3,11,13,21H,1,4-10,12H2,2H3/b21-15?,22-11+. The maximum atomic E-state index is 14.2. The van der Waals surface area contributed by atoms with Crippen molar-refractivity contribution in [2.45, 2.75) is 69.9 Å². The molecule has 2 atom stereocenters. The predicted molar refractivity (Wildman–Crippen MR) is 86.3 cm³/mol. The zero-order valence-electron chi connectivity index (χ0n) is 13.6. The molecular formula is C17H25F3N2O. The molecule has 1 rings (SSSR count). The molecule has 130 valence electrons. The zero-order chi connectivity index (χ0) is 17.5. The highest BCUT2D eigenvalue weighted by atomic mass is 19.3. The number of carbonyl (C=O) groups is 1. The minimum Gasteiger partial charge on any atom is -0.290 e. The van der Waals surface area contributed by atoms with Crippen LogP contribution in [-0.4, -0.2) is 29.4 Å². The number of alkyl halides is 3. The highest BCUT2D eigenvalue weighted by Gasteiger charge is 2.37. The summed E-state index contributed by atoms with van der Waals surface area (Å²) in [5.74, 6) is -4.14. The average molecular weight is 330 g/mol. The van der Waals surface area contributed by atoms with Crippen LogP contribution in [0.3, 0.4) is 0 Å². The summed E-state index contributed by atoms with van der Waals surface area (Å²) in [4.78, 5) is 15.8. The number of unbranched alkanes of at least 4 members (excludes halogenated alkanes) is 1. The largest absolute Gasteiger partial charge is 0.290 e. The number of Topliss-reactive ketones (excluding diaryl/α,β-unsaturated/α-hetero) is 1. The van der Waals surface area contributed by atoms with Gasteiger partial charge >= 0.3 is 0 Å². The lowest BCUT2D eigenvalue weighted by atomic mass is 9.77. The van der Waals surface area contributed by atoms with Crippen molar-refractivity contribution in [3.63, 3.8) is 0 Å². The summed E-state index contributed by atoms with van der Waals surface area (Å²) in [5.41, 5.74) is -1.55. The number of nitrogens with zero attached hydrogens (tertiary/aromatic N) is 1. The fraction of sp³-hybridized carbons (Fsp3) is 0.706. The fourth-order valence-corrected chi connectivity index (χ4v) is 2.71. The first kappa shape index (κ1) is 19.6. The maximum Gasteiger partial charge on any atom is 0.247 e. The van der Waals surface area contributed by atoms with Crippen LogP contribution in [0.5, 0.6) is 0 Å². The van der Waals surface area contributed by atoms with Gasteiger partial charge in [0.1, 0.15) is 5.67 Å². The Labute approximate surface area is 135 Å². The summed E-state index contributed by atoms with van der Waals surface area (Å²) in [5, 5.41) is 7.67. The van der Waals surface area contributed by atoms with Crippen molar-refractivity contribution in [3.8, 4) is 0 Å². The van der Waals surface area contributed by atoms with E-state index in [1.165, 1.54) is 19.2 Å². The van der Waals surface area contributed by atoms with Gasteiger partial charge in [-0.1, -0.05) is 19.6 Å². The third-order valence-electron chi connectivity index (χ3n) is 4.31. The molecule has 0 heterocycles. The van der Waals surface area contributed by atoms with Gasteiger partial charge in [-0.05, 0) is 38.5 Å². The van der Waals surface area contributed by atoms with Gasteiger partial charge < -0.3 is 0 Å². The van der Waals surface area contributed by atoms with Crippen LogP contribution in [0.1, 0.15) is 58.3 Å². The van der Waals surface area contributed by atoms with Gasteiger partial charge in [0, 0.05) is 25.0 Å². The summed E-state index contributed by atoms with van der Waals surface area (Å²) in [6.07, 6.45) is 4.16. The van der Waals surface area contributed by atoms with Crippen molar-refractivity contribution in [3.05, 3.63) is 12.7 Å². The molecule has 0 radical (unpaired) electrons. The average Bonchev–Trinajstić information content (AvgIpc) is 2.53. The highest BCUT2D eigenvalue weighted by molar-refractivity contribution is 6.39. The maximum absolute atomic E-state index is 14.2. The van der Waals surface area contributed by atoms with E-state index in [0.29, 0.717) is 19.3 Å². The van der Waals surface area contributed by atoms with Crippen molar-refractivity contribution in [1.29, 1.82) is 5.41 Å². The Balaban J connectivity index is 2.43. The molecule has 1 saturated carbocycles. The first-order valence-corrected chi connectivity index (χ1v) is 8.08. The van der Waals surface area contributed by atoms with Crippen LogP contribution in [0, 0.1) is 11.3 Å². The molecule has 6 heteroatoms. The molecular weight excluding hydrogens is 305 g/mol. The molecule has 0 bridgehead atoms. The summed E-state index contributed by atoms with van der Waals surface area (Å²) in [6.45, 7) is 4.89. The van der Waals surface area contributed by atoms with Crippen LogP contribution in [0.2, 0.25) is 0 Å². The van der Waals surface area contributed by atoms with Crippen LogP contribution in [-0.2, 0) is 4.79 Å². The molecule has 0 spiro atoms. The van der Waals surface area contributed by atoms with E-state index in [-0.39, 0.29) is 32.1 Å². The highest BCUT2D eigenvalue weighted by Crippen LogP contribution is 2.36. The van der Waals surface area contributed by atoms with Crippen LogP contribution in [0.4, 0.5) is 13.2 Å². The molecule has 0 aromatic heterocycles. The Kier molecular flexibility index (Phi) is 7.16. The summed E-state index contributed by atoms with van der Waals surface area (Å²) >= 11 is 0. The van der Waals surface area contributed by atoms with E-state index in [0.717, 1.165) is 0 Å². The number of halogens is 3. The molecule has 1 fully saturated rings. The molecule has 1 aliphatic carbocycles. The topological polar surface area (TPSA) is 53.3 Å². The number of ketones is 1. The van der Waals surface area contributed by atoms with E-state index in [1.54, 1.807) is 0 Å². The van der Waals surface area contributed by atoms with Gasteiger partial charge in [0.2, 0.25) is 11.7 Å². The molecule has 0 amide bonds. The Morgan fingerprint density at radius 2 is 2.22 bits per heavy atom. The van der Waals surface area contributed by atoms with E-state index < -0.39 is 29.1 Å². The second-order valence-corrected chi connectivity index (χ2v) is 6.16. The van der Waals surface area contributed by atoms with Crippen LogP contribution >= 0.6 is 0 Å². The molecule has 1 N–H and O–H groups in total. The first-order chi connectivity index (χ1) is 10.7.